The molecule has 0 spiro atoms. The highest BCUT2D eigenvalue weighted by Gasteiger charge is 2.32. The molecule has 4 nitrogen and oxygen atoms in total. The van der Waals surface area contributed by atoms with Crippen molar-refractivity contribution in [3.63, 3.8) is 0 Å². The molecule has 0 amide bonds. The van der Waals surface area contributed by atoms with Gasteiger partial charge in [-0.3, -0.25) is 4.79 Å². The second kappa shape index (κ2) is 6.21. The zero-order valence-electron chi connectivity index (χ0n) is 11.8. The van der Waals surface area contributed by atoms with Crippen LogP contribution in [0.4, 0.5) is 0 Å². The molecule has 0 aromatic heterocycles. The molecule has 0 radical (unpaired) electrons. The number of hydrogen-bond donors (Lipinski definition) is 0. The topological polar surface area (TPSA) is 52.6 Å². The first-order chi connectivity index (χ1) is 8.30. The second-order valence-corrected chi connectivity index (χ2v) is 6.00. The number of carbonyl (C=O) groups is 2. The highest BCUT2D eigenvalue weighted by atomic mass is 16.6. The monoisotopic (exact) mass is 256 g/mol. The molecular weight excluding hydrogens is 232 g/mol. The molecule has 104 valence electrons. The Morgan fingerprint density at radius 3 is 2.61 bits per heavy atom. The molecule has 18 heavy (non-hydrogen) atoms. The van der Waals surface area contributed by atoms with Gasteiger partial charge in [-0.2, -0.15) is 0 Å². The molecule has 0 aromatic rings. The maximum absolute atomic E-state index is 11.5. The van der Waals surface area contributed by atoms with Crippen LogP contribution in [0.15, 0.2) is 0 Å². The Morgan fingerprint density at radius 2 is 2.06 bits per heavy atom. The summed E-state index contributed by atoms with van der Waals surface area (Å²) in [6, 6.07) is 0. The highest BCUT2D eigenvalue weighted by Crippen LogP contribution is 2.40. The van der Waals surface area contributed by atoms with Crippen molar-refractivity contribution in [1.29, 1.82) is 0 Å². The third-order valence-corrected chi connectivity index (χ3v) is 3.62. The Balaban J connectivity index is 2.37. The number of carbonyl (C=O) groups excluding carboxylic acids is 2. The smallest absolute Gasteiger partial charge is 0.344 e. The summed E-state index contributed by atoms with van der Waals surface area (Å²) in [5.74, 6) is -0.505. The fourth-order valence-electron chi connectivity index (χ4n) is 2.66. The van der Waals surface area contributed by atoms with Gasteiger partial charge in [0.2, 0.25) is 0 Å². The van der Waals surface area contributed by atoms with Crippen molar-refractivity contribution >= 4 is 11.9 Å². The van der Waals surface area contributed by atoms with E-state index in [1.165, 1.54) is 19.8 Å². The maximum Gasteiger partial charge on any atom is 0.344 e. The third-order valence-electron chi connectivity index (χ3n) is 3.62. The van der Waals surface area contributed by atoms with Gasteiger partial charge in [-0.25, -0.2) is 4.79 Å². The van der Waals surface area contributed by atoms with Crippen molar-refractivity contribution < 1.29 is 19.1 Å². The van der Waals surface area contributed by atoms with Crippen molar-refractivity contribution in [3.05, 3.63) is 0 Å². The zero-order chi connectivity index (χ0) is 13.8. The zero-order valence-corrected chi connectivity index (χ0v) is 11.8. The number of rotatable bonds is 4. The first-order valence-electron chi connectivity index (χ1n) is 6.63. The van der Waals surface area contributed by atoms with Gasteiger partial charge in [0.1, 0.15) is 6.10 Å². The van der Waals surface area contributed by atoms with Gasteiger partial charge in [-0.15, -0.1) is 0 Å². The molecule has 0 N–H and O–H groups in total. The third kappa shape index (κ3) is 5.07. The van der Waals surface area contributed by atoms with Gasteiger partial charge in [-0.05, 0) is 37.5 Å². The van der Waals surface area contributed by atoms with Crippen LogP contribution in [0.5, 0.6) is 0 Å². The predicted octanol–water partition coefficient (Wildman–Crippen LogP) is 2.70. The quantitative estimate of drug-likeness (QED) is 0.726. The Kier molecular flexibility index (Phi) is 5.17. The minimum atomic E-state index is -0.460. The molecule has 4 heteroatoms. The van der Waals surface area contributed by atoms with Crippen LogP contribution in [0.1, 0.15) is 53.4 Å². The van der Waals surface area contributed by atoms with E-state index in [-0.39, 0.29) is 12.7 Å². The van der Waals surface area contributed by atoms with Crippen LogP contribution in [0.25, 0.3) is 0 Å². The first kappa shape index (κ1) is 15.0. The second-order valence-electron chi connectivity index (χ2n) is 6.00. The summed E-state index contributed by atoms with van der Waals surface area (Å²) in [6.07, 6.45) is 4.49. The summed E-state index contributed by atoms with van der Waals surface area (Å²) in [5.41, 5.74) is 0.333. The molecule has 2 atom stereocenters. The SMILES string of the molecule is CC(=O)OCC(=O)O[C@@H](C)[C@@H]1CCCC(C)(C)C1. The molecule has 0 saturated heterocycles. The van der Waals surface area contributed by atoms with Crippen molar-refractivity contribution in [3.8, 4) is 0 Å². The highest BCUT2D eigenvalue weighted by molar-refractivity contribution is 5.75. The average Bonchev–Trinajstić information content (AvgIpc) is 2.25. The van der Waals surface area contributed by atoms with E-state index in [0.717, 1.165) is 12.8 Å². The largest absolute Gasteiger partial charge is 0.460 e. The van der Waals surface area contributed by atoms with Crippen LogP contribution < -0.4 is 0 Å². The number of ether oxygens (including phenoxy) is 2. The minimum Gasteiger partial charge on any atom is -0.460 e. The summed E-state index contributed by atoms with van der Waals surface area (Å²) in [4.78, 5) is 22.1. The van der Waals surface area contributed by atoms with Gasteiger partial charge in [0.05, 0.1) is 0 Å². The van der Waals surface area contributed by atoms with E-state index in [9.17, 15) is 9.59 Å². The summed E-state index contributed by atoms with van der Waals surface area (Å²) in [5, 5.41) is 0. The first-order valence-corrected chi connectivity index (χ1v) is 6.63. The average molecular weight is 256 g/mol. The van der Waals surface area contributed by atoms with E-state index in [4.69, 9.17) is 4.74 Å². The van der Waals surface area contributed by atoms with Crippen LogP contribution in [-0.2, 0) is 19.1 Å². The van der Waals surface area contributed by atoms with Gasteiger partial charge in [0.15, 0.2) is 6.61 Å². The van der Waals surface area contributed by atoms with Gasteiger partial charge >= 0.3 is 11.9 Å². The Morgan fingerprint density at radius 1 is 1.39 bits per heavy atom. The Bertz CT molecular complexity index is 309. The molecule has 0 bridgehead atoms. The molecule has 0 heterocycles. The predicted molar refractivity (Wildman–Crippen MR) is 67.9 cm³/mol. The maximum atomic E-state index is 11.5. The van der Waals surface area contributed by atoms with Gasteiger partial charge in [0.25, 0.3) is 0 Å². The van der Waals surface area contributed by atoms with Gasteiger partial charge in [0, 0.05) is 6.92 Å². The fourth-order valence-corrected chi connectivity index (χ4v) is 2.66. The van der Waals surface area contributed by atoms with Crippen molar-refractivity contribution in [2.45, 2.75) is 59.5 Å². The molecule has 1 rings (SSSR count). The summed E-state index contributed by atoms with van der Waals surface area (Å²) < 4.78 is 9.94. The van der Waals surface area contributed by atoms with Crippen molar-refractivity contribution in [2.75, 3.05) is 6.61 Å². The van der Waals surface area contributed by atoms with E-state index < -0.39 is 11.9 Å². The molecule has 1 aliphatic rings. The normalized spacial score (nSPS) is 24.1. The van der Waals surface area contributed by atoms with E-state index in [2.05, 4.69) is 18.6 Å². The number of hydrogen-bond acceptors (Lipinski definition) is 4. The minimum absolute atomic E-state index is 0.104. The summed E-state index contributed by atoms with van der Waals surface area (Å²) in [7, 11) is 0. The molecule has 1 fully saturated rings. The van der Waals surface area contributed by atoms with Crippen LogP contribution in [-0.4, -0.2) is 24.6 Å². The molecule has 1 aliphatic carbocycles. The van der Waals surface area contributed by atoms with Gasteiger partial charge < -0.3 is 9.47 Å². The van der Waals surface area contributed by atoms with Crippen LogP contribution in [0.3, 0.4) is 0 Å². The fraction of sp³-hybridized carbons (Fsp3) is 0.857. The van der Waals surface area contributed by atoms with E-state index >= 15 is 0 Å². The van der Waals surface area contributed by atoms with E-state index in [0.29, 0.717) is 11.3 Å². The lowest BCUT2D eigenvalue weighted by Gasteiger charge is -2.37. The van der Waals surface area contributed by atoms with Crippen molar-refractivity contribution in [2.24, 2.45) is 11.3 Å². The van der Waals surface area contributed by atoms with Crippen LogP contribution in [0, 0.1) is 11.3 Å². The van der Waals surface area contributed by atoms with Crippen molar-refractivity contribution in [1.82, 2.24) is 0 Å². The Labute approximate surface area is 109 Å². The molecule has 0 aromatic carbocycles. The summed E-state index contributed by atoms with van der Waals surface area (Å²) in [6.45, 7) is 7.44. The number of esters is 2. The van der Waals surface area contributed by atoms with Crippen LogP contribution in [0.2, 0.25) is 0 Å². The standard InChI is InChI=1S/C14H24O4/c1-10(18-13(16)9-17-11(2)15)12-6-5-7-14(3,4)8-12/h10,12H,5-9H2,1-4H3/t10-,12+/m0/s1. The lowest BCUT2D eigenvalue weighted by molar-refractivity contribution is -0.163. The molecule has 0 aliphatic heterocycles. The molecule has 1 saturated carbocycles. The lowest BCUT2D eigenvalue weighted by Crippen LogP contribution is -2.33. The molecular formula is C14H24O4. The van der Waals surface area contributed by atoms with E-state index in [1.54, 1.807) is 0 Å². The van der Waals surface area contributed by atoms with Gasteiger partial charge in [-0.1, -0.05) is 20.3 Å². The Hall–Kier alpha value is -1.06. The summed E-state index contributed by atoms with van der Waals surface area (Å²) >= 11 is 0. The molecule has 0 unspecified atom stereocenters. The van der Waals surface area contributed by atoms with Crippen LogP contribution >= 0.6 is 0 Å². The lowest BCUT2D eigenvalue weighted by atomic mass is 9.71. The van der Waals surface area contributed by atoms with E-state index in [1.807, 2.05) is 6.92 Å².